The summed E-state index contributed by atoms with van der Waals surface area (Å²) in [6.45, 7) is 4.73. The van der Waals surface area contributed by atoms with Gasteiger partial charge in [0.2, 0.25) is 0 Å². The average Bonchev–Trinajstić information content (AvgIpc) is 4.19. The quantitative estimate of drug-likeness (QED) is 0.151. The van der Waals surface area contributed by atoms with Gasteiger partial charge in [-0.05, 0) is 131 Å². The molecule has 0 radical (unpaired) electrons. The molecule has 2 nitrogen and oxygen atoms in total. The lowest BCUT2D eigenvalue weighted by molar-refractivity contribution is 0.660. The summed E-state index contributed by atoms with van der Waals surface area (Å²) in [6.07, 6.45) is 0. The van der Waals surface area contributed by atoms with Crippen LogP contribution in [0.1, 0.15) is 47.2 Å². The van der Waals surface area contributed by atoms with E-state index in [1.807, 2.05) is 6.07 Å². The molecule has 0 amide bonds. The Morgan fingerprint density at radius 3 is 1.63 bits per heavy atom. The third-order valence-electron chi connectivity index (χ3n) is 16.8. The van der Waals surface area contributed by atoms with E-state index in [9.17, 15) is 0 Å². The molecule has 0 spiro atoms. The van der Waals surface area contributed by atoms with E-state index in [2.05, 4.69) is 286 Å². The monoisotopic (exact) mass is 969 g/mol. The molecule has 0 bridgehead atoms. The van der Waals surface area contributed by atoms with Crippen LogP contribution < -0.4 is 4.90 Å². The predicted molar refractivity (Wildman–Crippen MR) is 317 cm³/mol. The molecule has 1 heterocycles. The molecular weight excluding hydrogens is 919 g/mol. The van der Waals surface area contributed by atoms with Crippen LogP contribution in [0.4, 0.5) is 17.1 Å². The molecule has 358 valence electrons. The highest BCUT2D eigenvalue weighted by Crippen LogP contribution is 2.59. The number of rotatable bonds is 8. The van der Waals surface area contributed by atoms with Crippen molar-refractivity contribution < 1.29 is 4.42 Å². The fraction of sp³-hybridized carbons (Fsp3) is 0.0541. The van der Waals surface area contributed by atoms with Gasteiger partial charge >= 0.3 is 0 Å². The number of hydrogen-bond acceptors (Lipinski definition) is 2. The Morgan fingerprint density at radius 1 is 0.316 bits per heavy atom. The summed E-state index contributed by atoms with van der Waals surface area (Å²) in [5.41, 5.74) is 24.4. The van der Waals surface area contributed by atoms with E-state index in [4.69, 9.17) is 4.42 Å². The van der Waals surface area contributed by atoms with Crippen LogP contribution in [0.3, 0.4) is 0 Å². The first kappa shape index (κ1) is 44.0. The number of hydrogen-bond donors (Lipinski definition) is 0. The second-order valence-electron chi connectivity index (χ2n) is 21.1. The van der Waals surface area contributed by atoms with Crippen LogP contribution in [-0.4, -0.2) is 0 Å². The van der Waals surface area contributed by atoms with Crippen molar-refractivity contribution >= 4 is 49.8 Å². The molecule has 2 aliphatic carbocycles. The van der Waals surface area contributed by atoms with E-state index in [0.717, 1.165) is 50.1 Å². The zero-order valence-electron chi connectivity index (χ0n) is 42.3. The number of para-hydroxylation sites is 2. The Labute approximate surface area is 443 Å². The van der Waals surface area contributed by atoms with Crippen molar-refractivity contribution in [2.75, 3.05) is 4.90 Å². The molecule has 0 saturated carbocycles. The van der Waals surface area contributed by atoms with Crippen LogP contribution in [0.2, 0.25) is 0 Å². The van der Waals surface area contributed by atoms with Gasteiger partial charge in [-0.2, -0.15) is 0 Å². The number of benzene rings is 12. The van der Waals surface area contributed by atoms with Crippen LogP contribution in [-0.2, 0) is 10.8 Å². The zero-order chi connectivity index (χ0) is 50.5. The van der Waals surface area contributed by atoms with Crippen LogP contribution in [0, 0.1) is 0 Å². The van der Waals surface area contributed by atoms with Crippen molar-refractivity contribution in [1.82, 2.24) is 0 Å². The van der Waals surface area contributed by atoms with E-state index in [1.54, 1.807) is 0 Å². The summed E-state index contributed by atoms with van der Waals surface area (Å²) in [5.74, 6) is 0. The summed E-state index contributed by atoms with van der Waals surface area (Å²) in [6, 6.07) is 101. The Hall–Kier alpha value is -9.50. The minimum atomic E-state index is -0.566. The van der Waals surface area contributed by atoms with Gasteiger partial charge in [-0.25, -0.2) is 0 Å². The zero-order valence-corrected chi connectivity index (χ0v) is 42.3. The molecule has 76 heavy (non-hydrogen) atoms. The minimum Gasteiger partial charge on any atom is -0.455 e. The molecule has 1 aromatic heterocycles. The fourth-order valence-electron chi connectivity index (χ4n) is 13.3. The lowest BCUT2D eigenvalue weighted by Crippen LogP contribution is -2.28. The molecule has 2 aliphatic rings. The van der Waals surface area contributed by atoms with Gasteiger partial charge in [-0.15, -0.1) is 0 Å². The van der Waals surface area contributed by atoms with Crippen molar-refractivity contribution in [3.8, 4) is 55.6 Å². The fourth-order valence-corrected chi connectivity index (χ4v) is 13.3. The number of fused-ring (bicyclic) bond motifs is 10. The molecule has 0 N–H and O–H groups in total. The summed E-state index contributed by atoms with van der Waals surface area (Å²) in [4.78, 5) is 2.47. The third kappa shape index (κ3) is 6.47. The maximum atomic E-state index is 6.55. The van der Waals surface area contributed by atoms with Crippen molar-refractivity contribution in [3.05, 3.63) is 306 Å². The topological polar surface area (TPSA) is 16.4 Å². The van der Waals surface area contributed by atoms with Crippen LogP contribution >= 0.6 is 0 Å². The first-order valence-electron chi connectivity index (χ1n) is 26.5. The van der Waals surface area contributed by atoms with Crippen LogP contribution in [0.5, 0.6) is 0 Å². The number of furan rings is 1. The van der Waals surface area contributed by atoms with E-state index >= 15 is 0 Å². The van der Waals surface area contributed by atoms with Gasteiger partial charge in [-0.1, -0.05) is 244 Å². The summed E-state index contributed by atoms with van der Waals surface area (Å²) >= 11 is 0. The van der Waals surface area contributed by atoms with Gasteiger partial charge in [0.05, 0.1) is 11.1 Å². The minimum absolute atomic E-state index is 0.168. The molecule has 15 rings (SSSR count). The highest BCUT2D eigenvalue weighted by atomic mass is 16.3. The number of nitrogens with zero attached hydrogens (tertiary/aromatic N) is 1. The maximum Gasteiger partial charge on any atom is 0.143 e. The normalized spacial score (nSPS) is 13.6. The molecule has 13 aromatic rings. The largest absolute Gasteiger partial charge is 0.455 e. The van der Waals surface area contributed by atoms with Crippen molar-refractivity contribution in [3.63, 3.8) is 0 Å². The van der Waals surface area contributed by atoms with Crippen molar-refractivity contribution in [2.24, 2.45) is 0 Å². The van der Waals surface area contributed by atoms with E-state index in [0.29, 0.717) is 0 Å². The van der Waals surface area contributed by atoms with E-state index in [1.165, 1.54) is 88.7 Å². The standard InChI is InChI=1S/C74H51NO/c1-73(2)65-33-16-14-27-59(65)60-43-41-54(47-67(60)73)75(53-39-36-49(37-40-53)57-31-18-32-63-62-29-15-17-35-70(62)76-72(57)63)69-45-44-55(58-26-12-13-28-61(58)69)50-38-42-64-68(46-50)74(51-22-8-4-9-23-51,52-24-10-5-11-25-52)66-34-19-30-56(71(64)66)48-20-6-3-7-21-48/h3-47H,1-2H3. The average molecular weight is 970 g/mol. The first-order valence-corrected chi connectivity index (χ1v) is 26.5. The molecule has 0 fully saturated rings. The van der Waals surface area contributed by atoms with Gasteiger partial charge in [-0.3, -0.25) is 0 Å². The van der Waals surface area contributed by atoms with Crippen LogP contribution in [0.25, 0.3) is 88.3 Å². The Morgan fingerprint density at radius 2 is 0.855 bits per heavy atom. The molecule has 12 aromatic carbocycles. The van der Waals surface area contributed by atoms with E-state index in [-0.39, 0.29) is 5.41 Å². The summed E-state index contributed by atoms with van der Waals surface area (Å²) in [7, 11) is 0. The lowest BCUT2D eigenvalue weighted by atomic mass is 9.67. The molecule has 0 atom stereocenters. The Balaban J connectivity index is 0.925. The predicted octanol–water partition coefficient (Wildman–Crippen LogP) is 19.9. The van der Waals surface area contributed by atoms with Gasteiger partial charge in [0.25, 0.3) is 0 Å². The second kappa shape index (κ2) is 17.0. The molecular formula is C74H51NO. The molecule has 0 aliphatic heterocycles. The highest BCUT2D eigenvalue weighted by molar-refractivity contribution is 6.10. The Bertz CT molecular complexity index is 4370. The molecule has 0 saturated heterocycles. The highest BCUT2D eigenvalue weighted by Gasteiger charge is 2.47. The number of anilines is 3. The van der Waals surface area contributed by atoms with Crippen LogP contribution in [0.15, 0.2) is 277 Å². The Kier molecular flexibility index (Phi) is 9.86. The SMILES string of the molecule is CC1(C)c2ccccc2-c2ccc(N(c3ccc(-c4cccc5c4oc4ccccc45)cc3)c3ccc(-c4ccc5c(c4)C(c4ccccc4)(c4ccccc4)c4cccc(-c6ccccc6)c4-5)c4ccccc34)cc21. The smallest absolute Gasteiger partial charge is 0.143 e. The second-order valence-corrected chi connectivity index (χ2v) is 21.1. The van der Waals surface area contributed by atoms with Gasteiger partial charge in [0.1, 0.15) is 11.2 Å². The van der Waals surface area contributed by atoms with Crippen molar-refractivity contribution in [1.29, 1.82) is 0 Å². The molecule has 0 unspecified atom stereocenters. The van der Waals surface area contributed by atoms with Crippen molar-refractivity contribution in [2.45, 2.75) is 24.7 Å². The summed E-state index contributed by atoms with van der Waals surface area (Å²) < 4.78 is 6.55. The summed E-state index contributed by atoms with van der Waals surface area (Å²) in [5, 5.41) is 4.63. The molecule has 2 heteroatoms. The van der Waals surface area contributed by atoms with Gasteiger partial charge < -0.3 is 9.32 Å². The lowest BCUT2D eigenvalue weighted by Gasteiger charge is -2.34. The maximum absolute atomic E-state index is 6.55. The van der Waals surface area contributed by atoms with Gasteiger partial charge in [0, 0.05) is 38.5 Å². The van der Waals surface area contributed by atoms with Gasteiger partial charge in [0.15, 0.2) is 0 Å². The third-order valence-corrected chi connectivity index (χ3v) is 16.8. The first-order chi connectivity index (χ1) is 37.5. The van der Waals surface area contributed by atoms with E-state index < -0.39 is 5.41 Å².